The number of hydrogen-bond acceptors (Lipinski definition) is 3. The monoisotopic (exact) mass is 284 g/mol. The number of nitrogens with two attached hydrogens (primary N) is 1. The second kappa shape index (κ2) is 6.31. The molecule has 2 rings (SSSR count). The van der Waals surface area contributed by atoms with Gasteiger partial charge in [0.05, 0.1) is 7.11 Å². The van der Waals surface area contributed by atoms with E-state index in [4.69, 9.17) is 10.5 Å². The molecular formula is C17H20N2O2. The minimum absolute atomic E-state index is 0.186. The predicted octanol–water partition coefficient (Wildman–Crippen LogP) is 3.12. The standard InChI is InChI=1S/C17H20N2O2/c1-4-12-8-10-13(11-9-12)19(2)17(20)16-14(18)6-5-7-15(16)21-3/h5-11H,4,18H2,1-3H3. The van der Waals surface area contributed by atoms with E-state index in [1.165, 1.54) is 12.7 Å². The molecule has 4 nitrogen and oxygen atoms in total. The van der Waals surface area contributed by atoms with Gasteiger partial charge in [0.2, 0.25) is 0 Å². The number of rotatable bonds is 4. The van der Waals surface area contributed by atoms with Gasteiger partial charge in [0.15, 0.2) is 0 Å². The Hall–Kier alpha value is -2.49. The molecule has 4 heteroatoms. The van der Waals surface area contributed by atoms with Crippen molar-refractivity contribution in [1.82, 2.24) is 0 Å². The molecule has 2 aromatic rings. The largest absolute Gasteiger partial charge is 0.496 e. The summed E-state index contributed by atoms with van der Waals surface area (Å²) in [6.45, 7) is 2.10. The Morgan fingerprint density at radius 2 is 1.86 bits per heavy atom. The molecule has 1 amide bonds. The van der Waals surface area contributed by atoms with Crippen molar-refractivity contribution in [3.63, 3.8) is 0 Å². The van der Waals surface area contributed by atoms with Crippen LogP contribution in [0.3, 0.4) is 0 Å². The molecule has 0 heterocycles. The fourth-order valence-electron chi connectivity index (χ4n) is 2.19. The van der Waals surface area contributed by atoms with Crippen LogP contribution in [0.1, 0.15) is 22.8 Å². The normalized spacial score (nSPS) is 10.2. The molecule has 0 aromatic heterocycles. The van der Waals surface area contributed by atoms with Gasteiger partial charge in [-0.3, -0.25) is 4.79 Å². The zero-order valence-electron chi connectivity index (χ0n) is 12.6. The summed E-state index contributed by atoms with van der Waals surface area (Å²) in [4.78, 5) is 14.2. The van der Waals surface area contributed by atoms with Crippen LogP contribution in [0.2, 0.25) is 0 Å². The van der Waals surface area contributed by atoms with Crippen molar-refractivity contribution < 1.29 is 9.53 Å². The molecule has 110 valence electrons. The Kier molecular flexibility index (Phi) is 4.48. The molecule has 0 bridgehead atoms. The highest BCUT2D eigenvalue weighted by Gasteiger charge is 2.20. The number of nitrogens with zero attached hydrogens (tertiary/aromatic N) is 1. The van der Waals surface area contributed by atoms with Crippen molar-refractivity contribution in [2.24, 2.45) is 0 Å². The third-order valence-corrected chi connectivity index (χ3v) is 3.53. The Balaban J connectivity index is 2.34. The zero-order chi connectivity index (χ0) is 15.4. The number of carbonyl (C=O) groups excluding carboxylic acids is 1. The summed E-state index contributed by atoms with van der Waals surface area (Å²) in [6, 6.07) is 13.1. The van der Waals surface area contributed by atoms with Crippen molar-refractivity contribution in [1.29, 1.82) is 0 Å². The van der Waals surface area contributed by atoms with Crippen molar-refractivity contribution in [3.05, 3.63) is 53.6 Å². The second-order valence-corrected chi connectivity index (χ2v) is 4.81. The Morgan fingerprint density at radius 3 is 2.43 bits per heavy atom. The highest BCUT2D eigenvalue weighted by Crippen LogP contribution is 2.27. The van der Waals surface area contributed by atoms with Crippen molar-refractivity contribution in [2.75, 3.05) is 24.8 Å². The van der Waals surface area contributed by atoms with Crippen LogP contribution in [0.4, 0.5) is 11.4 Å². The smallest absolute Gasteiger partial charge is 0.263 e. The van der Waals surface area contributed by atoms with E-state index in [1.807, 2.05) is 24.3 Å². The SMILES string of the molecule is CCc1ccc(N(C)C(=O)c2c(N)cccc2OC)cc1. The predicted molar refractivity (Wildman–Crippen MR) is 86.0 cm³/mol. The van der Waals surface area contributed by atoms with Gasteiger partial charge in [-0.15, -0.1) is 0 Å². The van der Waals surface area contributed by atoms with E-state index >= 15 is 0 Å². The number of methoxy groups -OCH3 is 1. The summed E-state index contributed by atoms with van der Waals surface area (Å²) < 4.78 is 5.24. The molecule has 0 saturated heterocycles. The van der Waals surface area contributed by atoms with Crippen LogP contribution in [-0.4, -0.2) is 20.1 Å². The van der Waals surface area contributed by atoms with Crippen molar-refractivity contribution >= 4 is 17.3 Å². The molecule has 0 aliphatic rings. The molecule has 0 spiro atoms. The molecule has 0 fully saturated rings. The third kappa shape index (κ3) is 2.99. The summed E-state index contributed by atoms with van der Waals surface area (Å²) in [6.07, 6.45) is 0.970. The highest BCUT2D eigenvalue weighted by molar-refractivity contribution is 6.10. The van der Waals surface area contributed by atoms with Crippen LogP contribution in [0.15, 0.2) is 42.5 Å². The first-order valence-electron chi connectivity index (χ1n) is 6.88. The van der Waals surface area contributed by atoms with Gasteiger partial charge in [-0.1, -0.05) is 25.1 Å². The van der Waals surface area contributed by atoms with Crippen LogP contribution in [0, 0.1) is 0 Å². The average Bonchev–Trinajstić information content (AvgIpc) is 2.53. The Morgan fingerprint density at radius 1 is 1.19 bits per heavy atom. The number of amides is 1. The van der Waals surface area contributed by atoms with E-state index in [1.54, 1.807) is 30.1 Å². The maximum atomic E-state index is 12.7. The van der Waals surface area contributed by atoms with Crippen molar-refractivity contribution in [3.8, 4) is 5.75 Å². The lowest BCUT2D eigenvalue weighted by Crippen LogP contribution is -2.27. The van der Waals surface area contributed by atoms with Gasteiger partial charge in [-0.05, 0) is 36.2 Å². The number of benzene rings is 2. The number of anilines is 2. The van der Waals surface area contributed by atoms with E-state index in [9.17, 15) is 4.79 Å². The van der Waals surface area contributed by atoms with Crippen LogP contribution in [0.25, 0.3) is 0 Å². The van der Waals surface area contributed by atoms with Crippen LogP contribution >= 0.6 is 0 Å². The van der Waals surface area contributed by atoms with Crippen LogP contribution in [-0.2, 0) is 6.42 Å². The van der Waals surface area contributed by atoms with E-state index in [0.717, 1.165) is 12.1 Å². The average molecular weight is 284 g/mol. The van der Waals surface area contributed by atoms with Gasteiger partial charge in [0.1, 0.15) is 11.3 Å². The van der Waals surface area contributed by atoms with Crippen molar-refractivity contribution in [2.45, 2.75) is 13.3 Å². The molecule has 0 atom stereocenters. The maximum Gasteiger partial charge on any atom is 0.263 e. The summed E-state index contributed by atoms with van der Waals surface area (Å²) in [5.74, 6) is 0.297. The fraction of sp³-hybridized carbons (Fsp3) is 0.235. The lowest BCUT2D eigenvalue weighted by molar-refractivity contribution is 0.0991. The molecule has 0 saturated carbocycles. The number of nitrogen functional groups attached to an aromatic ring is 1. The summed E-state index contributed by atoms with van der Waals surface area (Å²) in [5.41, 5.74) is 8.79. The molecule has 0 radical (unpaired) electrons. The number of carbonyl (C=O) groups is 1. The molecule has 0 aliphatic heterocycles. The second-order valence-electron chi connectivity index (χ2n) is 4.81. The van der Waals surface area contributed by atoms with Gasteiger partial charge in [0.25, 0.3) is 5.91 Å². The minimum Gasteiger partial charge on any atom is -0.496 e. The maximum absolute atomic E-state index is 12.7. The first kappa shape index (κ1) is 14.9. The first-order chi connectivity index (χ1) is 10.1. The quantitative estimate of drug-likeness (QED) is 0.878. The Bertz CT molecular complexity index is 636. The summed E-state index contributed by atoms with van der Waals surface area (Å²) in [5, 5.41) is 0. The van der Waals surface area contributed by atoms with Gasteiger partial charge in [-0.2, -0.15) is 0 Å². The van der Waals surface area contributed by atoms with Gasteiger partial charge >= 0.3 is 0 Å². The third-order valence-electron chi connectivity index (χ3n) is 3.53. The highest BCUT2D eigenvalue weighted by atomic mass is 16.5. The van der Waals surface area contributed by atoms with E-state index < -0.39 is 0 Å². The topological polar surface area (TPSA) is 55.6 Å². The summed E-state index contributed by atoms with van der Waals surface area (Å²) >= 11 is 0. The minimum atomic E-state index is -0.186. The number of hydrogen-bond donors (Lipinski definition) is 1. The lowest BCUT2D eigenvalue weighted by atomic mass is 10.1. The molecule has 21 heavy (non-hydrogen) atoms. The van der Waals surface area contributed by atoms with E-state index in [2.05, 4.69) is 6.92 Å². The molecule has 2 N–H and O–H groups in total. The number of aryl methyl sites for hydroxylation is 1. The molecule has 0 aliphatic carbocycles. The van der Waals surface area contributed by atoms with Crippen LogP contribution in [0.5, 0.6) is 5.75 Å². The Labute approximate surface area is 125 Å². The molecule has 0 unspecified atom stereocenters. The molecular weight excluding hydrogens is 264 g/mol. The molecule has 2 aromatic carbocycles. The van der Waals surface area contributed by atoms with Gasteiger partial charge in [0, 0.05) is 18.4 Å². The number of ether oxygens (including phenoxy) is 1. The zero-order valence-corrected chi connectivity index (χ0v) is 12.6. The van der Waals surface area contributed by atoms with Gasteiger partial charge < -0.3 is 15.4 Å². The lowest BCUT2D eigenvalue weighted by Gasteiger charge is -2.20. The van der Waals surface area contributed by atoms with Gasteiger partial charge in [-0.25, -0.2) is 0 Å². The summed E-state index contributed by atoms with van der Waals surface area (Å²) in [7, 11) is 3.26. The van der Waals surface area contributed by atoms with E-state index in [-0.39, 0.29) is 5.91 Å². The van der Waals surface area contributed by atoms with Crippen LogP contribution < -0.4 is 15.4 Å². The first-order valence-corrected chi connectivity index (χ1v) is 6.88. The van der Waals surface area contributed by atoms with E-state index in [0.29, 0.717) is 17.0 Å². The fourth-order valence-corrected chi connectivity index (χ4v) is 2.19.